The molecule has 1 saturated carbocycles. The molecule has 0 spiro atoms. The van der Waals surface area contributed by atoms with E-state index >= 15 is 0 Å². The van der Waals surface area contributed by atoms with Gasteiger partial charge in [-0.05, 0) is 50.3 Å². The van der Waals surface area contributed by atoms with Gasteiger partial charge in [-0.25, -0.2) is 4.79 Å². The minimum Gasteiger partial charge on any atom is -0.492 e. The molecule has 1 aromatic rings. The predicted octanol–water partition coefficient (Wildman–Crippen LogP) is 3.79. The summed E-state index contributed by atoms with van der Waals surface area (Å²) in [5.74, 6) is 1.01. The number of nitrogens with two attached hydrogens (primary N) is 1. The van der Waals surface area contributed by atoms with E-state index in [1.54, 1.807) is 18.2 Å². The molecule has 116 valence electrons. The fraction of sp³-hybridized carbons (Fsp3) is 0.588. The first kappa shape index (κ1) is 15.7. The highest BCUT2D eigenvalue weighted by Crippen LogP contribution is 2.29. The van der Waals surface area contributed by atoms with Gasteiger partial charge in [0.25, 0.3) is 0 Å². The number of carbonyl (C=O) groups excluding carboxylic acids is 1. The van der Waals surface area contributed by atoms with E-state index in [-0.39, 0.29) is 12.1 Å². The summed E-state index contributed by atoms with van der Waals surface area (Å²) in [6, 6.07) is 5.07. The number of benzene rings is 1. The molecule has 0 radical (unpaired) electrons. The van der Waals surface area contributed by atoms with Crippen LogP contribution in [0, 0.1) is 5.92 Å². The summed E-state index contributed by atoms with van der Waals surface area (Å²) in [6.07, 6.45) is 5.54. The molecule has 1 fully saturated rings. The lowest BCUT2D eigenvalue weighted by Crippen LogP contribution is -2.25. The number of anilines is 1. The van der Waals surface area contributed by atoms with Gasteiger partial charge in [0.1, 0.15) is 11.9 Å². The molecule has 21 heavy (non-hydrogen) atoms. The summed E-state index contributed by atoms with van der Waals surface area (Å²) in [5.41, 5.74) is 6.86. The number of carbonyl (C=O) groups is 1. The maximum absolute atomic E-state index is 12.2. The third-order valence-electron chi connectivity index (χ3n) is 4.13. The van der Waals surface area contributed by atoms with Gasteiger partial charge in [0.15, 0.2) is 0 Å². The zero-order valence-electron chi connectivity index (χ0n) is 12.9. The Morgan fingerprint density at radius 3 is 2.81 bits per heavy atom. The second kappa shape index (κ2) is 7.34. The third kappa shape index (κ3) is 4.13. The van der Waals surface area contributed by atoms with Crippen molar-refractivity contribution in [3.8, 4) is 5.75 Å². The van der Waals surface area contributed by atoms with Crippen LogP contribution in [0.15, 0.2) is 18.2 Å². The van der Waals surface area contributed by atoms with Gasteiger partial charge in [-0.15, -0.1) is 0 Å². The first-order chi connectivity index (χ1) is 10.1. The Labute approximate surface area is 126 Å². The lowest BCUT2D eigenvalue weighted by Gasteiger charge is -2.28. The molecule has 1 aliphatic carbocycles. The van der Waals surface area contributed by atoms with E-state index < -0.39 is 0 Å². The Morgan fingerprint density at radius 2 is 2.14 bits per heavy atom. The van der Waals surface area contributed by atoms with Gasteiger partial charge in [-0.3, -0.25) is 0 Å². The van der Waals surface area contributed by atoms with Crippen molar-refractivity contribution in [3.05, 3.63) is 23.8 Å². The smallest absolute Gasteiger partial charge is 0.338 e. The maximum Gasteiger partial charge on any atom is 0.338 e. The van der Waals surface area contributed by atoms with Crippen molar-refractivity contribution < 1.29 is 14.3 Å². The van der Waals surface area contributed by atoms with Crippen molar-refractivity contribution in [1.82, 2.24) is 0 Å². The van der Waals surface area contributed by atoms with Crippen molar-refractivity contribution in [2.75, 3.05) is 12.3 Å². The van der Waals surface area contributed by atoms with E-state index in [0.29, 0.717) is 29.5 Å². The lowest BCUT2D eigenvalue weighted by atomic mass is 9.85. The number of esters is 1. The van der Waals surface area contributed by atoms with E-state index in [1.165, 1.54) is 6.42 Å². The standard InChI is InChI=1S/C17H25NO3/c1-3-12-6-5-7-14(10-12)21-17(19)13-8-9-16(20-4-2)15(18)11-13/h8-9,11-12,14H,3-7,10,18H2,1-2H3. The number of hydrogen-bond acceptors (Lipinski definition) is 4. The van der Waals surface area contributed by atoms with Crippen LogP contribution in [-0.4, -0.2) is 18.7 Å². The summed E-state index contributed by atoms with van der Waals surface area (Å²) >= 11 is 0. The second-order valence-corrected chi connectivity index (χ2v) is 5.65. The summed E-state index contributed by atoms with van der Waals surface area (Å²) in [6.45, 7) is 4.64. The molecular formula is C17H25NO3. The normalized spacial score (nSPS) is 21.8. The summed E-state index contributed by atoms with van der Waals surface area (Å²) < 4.78 is 11.0. The maximum atomic E-state index is 12.2. The Kier molecular flexibility index (Phi) is 5.48. The van der Waals surface area contributed by atoms with E-state index in [2.05, 4.69) is 6.92 Å². The average Bonchev–Trinajstić information content (AvgIpc) is 2.49. The minimum atomic E-state index is -0.286. The number of hydrogen-bond donors (Lipinski definition) is 1. The zero-order valence-corrected chi connectivity index (χ0v) is 12.9. The topological polar surface area (TPSA) is 61.5 Å². The van der Waals surface area contributed by atoms with Crippen LogP contribution in [0.4, 0.5) is 5.69 Å². The molecule has 2 unspecified atom stereocenters. The van der Waals surface area contributed by atoms with Crippen LogP contribution in [-0.2, 0) is 4.74 Å². The van der Waals surface area contributed by atoms with Crippen LogP contribution in [0.3, 0.4) is 0 Å². The van der Waals surface area contributed by atoms with E-state index in [1.807, 2.05) is 6.92 Å². The molecule has 0 heterocycles. The van der Waals surface area contributed by atoms with Crippen molar-refractivity contribution in [1.29, 1.82) is 0 Å². The van der Waals surface area contributed by atoms with Crippen LogP contribution in [0.5, 0.6) is 5.75 Å². The highest BCUT2D eigenvalue weighted by Gasteiger charge is 2.24. The van der Waals surface area contributed by atoms with Gasteiger partial charge in [0.05, 0.1) is 17.9 Å². The predicted molar refractivity (Wildman–Crippen MR) is 83.5 cm³/mol. The molecule has 0 aliphatic heterocycles. The summed E-state index contributed by atoms with van der Waals surface area (Å²) in [5, 5.41) is 0. The van der Waals surface area contributed by atoms with Crippen molar-refractivity contribution in [2.24, 2.45) is 5.92 Å². The fourth-order valence-electron chi connectivity index (χ4n) is 2.90. The molecule has 2 atom stereocenters. The molecule has 4 nitrogen and oxygen atoms in total. The zero-order chi connectivity index (χ0) is 15.2. The van der Waals surface area contributed by atoms with Crippen molar-refractivity contribution in [3.63, 3.8) is 0 Å². The molecule has 4 heteroatoms. The van der Waals surface area contributed by atoms with Gasteiger partial charge >= 0.3 is 5.97 Å². The highest BCUT2D eigenvalue weighted by molar-refractivity contribution is 5.91. The van der Waals surface area contributed by atoms with Crippen LogP contribution < -0.4 is 10.5 Å². The number of rotatable bonds is 5. The highest BCUT2D eigenvalue weighted by atomic mass is 16.5. The lowest BCUT2D eigenvalue weighted by molar-refractivity contribution is 0.0140. The largest absolute Gasteiger partial charge is 0.492 e. The summed E-state index contributed by atoms with van der Waals surface area (Å²) in [7, 11) is 0. The van der Waals surface area contributed by atoms with Gasteiger partial charge in [-0.1, -0.05) is 19.8 Å². The van der Waals surface area contributed by atoms with E-state index in [4.69, 9.17) is 15.2 Å². The minimum absolute atomic E-state index is 0.0454. The Morgan fingerprint density at radius 1 is 1.33 bits per heavy atom. The first-order valence-corrected chi connectivity index (χ1v) is 7.87. The molecule has 2 rings (SSSR count). The number of nitrogen functional groups attached to an aromatic ring is 1. The molecule has 0 bridgehead atoms. The van der Waals surface area contributed by atoms with E-state index in [0.717, 1.165) is 25.7 Å². The quantitative estimate of drug-likeness (QED) is 0.662. The van der Waals surface area contributed by atoms with Gasteiger partial charge in [0.2, 0.25) is 0 Å². The molecule has 2 N–H and O–H groups in total. The SMILES string of the molecule is CCOc1ccc(C(=O)OC2CCCC(CC)C2)cc1N. The summed E-state index contributed by atoms with van der Waals surface area (Å²) in [4.78, 5) is 12.2. The van der Waals surface area contributed by atoms with Crippen molar-refractivity contribution >= 4 is 11.7 Å². The molecule has 1 aliphatic rings. The molecular weight excluding hydrogens is 266 g/mol. The van der Waals surface area contributed by atoms with Gasteiger partial charge in [-0.2, -0.15) is 0 Å². The first-order valence-electron chi connectivity index (χ1n) is 7.87. The fourth-order valence-corrected chi connectivity index (χ4v) is 2.90. The van der Waals surface area contributed by atoms with Crippen LogP contribution in [0.1, 0.15) is 56.3 Å². The average molecular weight is 291 g/mol. The van der Waals surface area contributed by atoms with E-state index in [9.17, 15) is 4.79 Å². The molecule has 0 amide bonds. The second-order valence-electron chi connectivity index (χ2n) is 5.65. The third-order valence-corrected chi connectivity index (χ3v) is 4.13. The Hall–Kier alpha value is -1.71. The van der Waals surface area contributed by atoms with Crippen LogP contribution >= 0.6 is 0 Å². The number of ether oxygens (including phenoxy) is 2. The molecule has 0 saturated heterocycles. The van der Waals surface area contributed by atoms with Crippen LogP contribution in [0.2, 0.25) is 0 Å². The Balaban J connectivity index is 1.98. The van der Waals surface area contributed by atoms with Gasteiger partial charge < -0.3 is 15.2 Å². The van der Waals surface area contributed by atoms with Crippen molar-refractivity contribution in [2.45, 2.75) is 52.1 Å². The molecule has 0 aromatic heterocycles. The Bertz CT molecular complexity index is 487. The van der Waals surface area contributed by atoms with Crippen LogP contribution in [0.25, 0.3) is 0 Å². The molecule has 1 aromatic carbocycles. The van der Waals surface area contributed by atoms with Gasteiger partial charge in [0, 0.05) is 0 Å². The monoisotopic (exact) mass is 291 g/mol.